The van der Waals surface area contributed by atoms with E-state index in [2.05, 4.69) is 4.74 Å². The number of methoxy groups -OCH3 is 1. The molecule has 7 nitrogen and oxygen atoms in total. The lowest BCUT2D eigenvalue weighted by molar-refractivity contribution is -0.145. The number of carboxylic acids is 1. The lowest BCUT2D eigenvalue weighted by Gasteiger charge is -2.17. The lowest BCUT2D eigenvalue weighted by Crippen LogP contribution is -2.26. The average molecular weight is 279 g/mol. The number of hydrogen-bond donors (Lipinski definition) is 2. The topological polar surface area (TPSA) is 104 Å². The Balaban J connectivity index is 2.24. The fraction of sp³-hybridized carbons (Fsp3) is 0.308. The Labute approximate surface area is 114 Å². The van der Waals surface area contributed by atoms with Gasteiger partial charge in [0.05, 0.1) is 13.0 Å². The summed E-state index contributed by atoms with van der Waals surface area (Å²) in [7, 11) is 1.25. The summed E-state index contributed by atoms with van der Waals surface area (Å²) in [5.41, 5.74) is 0.105. The summed E-state index contributed by atoms with van der Waals surface area (Å²) in [5.74, 6) is -2.97. The van der Waals surface area contributed by atoms with E-state index in [9.17, 15) is 19.5 Å². The molecule has 1 aromatic rings. The van der Waals surface area contributed by atoms with Gasteiger partial charge in [-0.25, -0.2) is 4.79 Å². The molecule has 20 heavy (non-hydrogen) atoms. The first-order valence-electron chi connectivity index (χ1n) is 5.88. The highest BCUT2D eigenvalue weighted by molar-refractivity contribution is 6.00. The van der Waals surface area contributed by atoms with Crippen molar-refractivity contribution < 1.29 is 29.3 Å². The maximum atomic E-state index is 11.9. The molecule has 1 fully saturated rings. The van der Waals surface area contributed by atoms with Crippen LogP contribution < -0.4 is 4.90 Å². The molecule has 1 saturated heterocycles. The van der Waals surface area contributed by atoms with Crippen LogP contribution >= 0.6 is 0 Å². The monoisotopic (exact) mass is 279 g/mol. The molecule has 0 aromatic heterocycles. The van der Waals surface area contributed by atoms with Gasteiger partial charge in [-0.15, -0.1) is 0 Å². The number of anilines is 1. The molecule has 1 aliphatic rings. The van der Waals surface area contributed by atoms with E-state index in [0.717, 1.165) is 0 Å². The van der Waals surface area contributed by atoms with Crippen LogP contribution in [-0.4, -0.2) is 41.7 Å². The largest absolute Gasteiger partial charge is 0.507 e. The molecule has 0 aliphatic carbocycles. The zero-order chi connectivity index (χ0) is 14.9. The van der Waals surface area contributed by atoms with Gasteiger partial charge in [-0.3, -0.25) is 9.59 Å². The minimum absolute atomic E-state index is 0.0358. The Kier molecular flexibility index (Phi) is 3.60. The first kappa shape index (κ1) is 13.9. The van der Waals surface area contributed by atoms with Gasteiger partial charge >= 0.3 is 11.9 Å². The number of aromatic hydroxyl groups is 1. The van der Waals surface area contributed by atoms with Crippen molar-refractivity contribution in [3.05, 3.63) is 23.8 Å². The molecule has 1 aromatic carbocycles. The average Bonchev–Trinajstić information content (AvgIpc) is 2.79. The van der Waals surface area contributed by atoms with Crippen LogP contribution in [-0.2, 0) is 14.3 Å². The van der Waals surface area contributed by atoms with E-state index in [1.807, 2.05) is 0 Å². The molecule has 2 rings (SSSR count). The van der Waals surface area contributed by atoms with Crippen LogP contribution in [0.5, 0.6) is 5.75 Å². The SMILES string of the molecule is COC(=O)C1CC(=O)N(c2ccc(C(=O)O)c(O)c2)C1. The van der Waals surface area contributed by atoms with E-state index in [-0.39, 0.29) is 24.4 Å². The number of hydrogen-bond acceptors (Lipinski definition) is 5. The normalized spacial score (nSPS) is 18.1. The summed E-state index contributed by atoms with van der Waals surface area (Å²) in [6.45, 7) is 0.150. The van der Waals surface area contributed by atoms with Crippen molar-refractivity contribution in [2.24, 2.45) is 5.92 Å². The number of esters is 1. The third-order valence-electron chi connectivity index (χ3n) is 3.18. The van der Waals surface area contributed by atoms with Gasteiger partial charge in [0.15, 0.2) is 0 Å². The van der Waals surface area contributed by atoms with Crippen LogP contribution in [0, 0.1) is 5.92 Å². The number of aromatic carboxylic acids is 1. The number of carbonyl (C=O) groups is 3. The third-order valence-corrected chi connectivity index (χ3v) is 3.18. The molecule has 1 atom stereocenters. The standard InChI is InChI=1S/C13H13NO6/c1-20-13(19)7-4-11(16)14(6-7)8-2-3-9(12(17)18)10(15)5-8/h2-3,5,7,15H,4,6H2,1H3,(H,17,18). The molecule has 106 valence electrons. The van der Waals surface area contributed by atoms with Crippen molar-refractivity contribution in [1.82, 2.24) is 0 Å². The summed E-state index contributed by atoms with van der Waals surface area (Å²) in [5, 5.41) is 18.4. The van der Waals surface area contributed by atoms with E-state index < -0.39 is 23.6 Å². The van der Waals surface area contributed by atoms with Gasteiger partial charge in [-0.1, -0.05) is 0 Å². The van der Waals surface area contributed by atoms with Crippen LogP contribution in [0.25, 0.3) is 0 Å². The third kappa shape index (κ3) is 2.42. The molecule has 1 aliphatic heterocycles. The molecule has 0 radical (unpaired) electrons. The van der Waals surface area contributed by atoms with E-state index in [1.165, 1.54) is 30.2 Å². The number of amides is 1. The molecule has 0 bridgehead atoms. The van der Waals surface area contributed by atoms with Gasteiger partial charge in [-0.05, 0) is 12.1 Å². The molecule has 0 spiro atoms. The highest BCUT2D eigenvalue weighted by atomic mass is 16.5. The summed E-state index contributed by atoms with van der Waals surface area (Å²) in [6.07, 6.45) is 0.0358. The predicted molar refractivity (Wildman–Crippen MR) is 67.5 cm³/mol. The second-order valence-electron chi connectivity index (χ2n) is 4.44. The van der Waals surface area contributed by atoms with E-state index in [1.54, 1.807) is 0 Å². The van der Waals surface area contributed by atoms with Gasteiger partial charge in [0, 0.05) is 24.7 Å². The first-order chi connectivity index (χ1) is 9.43. The van der Waals surface area contributed by atoms with Crippen molar-refractivity contribution in [3.8, 4) is 5.75 Å². The minimum atomic E-state index is -1.26. The number of nitrogens with zero attached hydrogens (tertiary/aromatic N) is 1. The molecule has 2 N–H and O–H groups in total. The van der Waals surface area contributed by atoms with Gasteiger partial charge < -0.3 is 19.8 Å². The smallest absolute Gasteiger partial charge is 0.339 e. The molecule has 7 heteroatoms. The Morgan fingerprint density at radius 2 is 2.10 bits per heavy atom. The summed E-state index contributed by atoms with van der Waals surface area (Å²) < 4.78 is 4.60. The van der Waals surface area contributed by atoms with Gasteiger partial charge in [0.1, 0.15) is 11.3 Å². The summed E-state index contributed by atoms with van der Waals surface area (Å²) in [4.78, 5) is 35.4. The number of benzene rings is 1. The zero-order valence-corrected chi connectivity index (χ0v) is 10.7. The molecular weight excluding hydrogens is 266 g/mol. The van der Waals surface area contributed by atoms with Crippen LogP contribution in [0.4, 0.5) is 5.69 Å². The molecule has 1 amide bonds. The molecule has 1 heterocycles. The Morgan fingerprint density at radius 1 is 1.40 bits per heavy atom. The quantitative estimate of drug-likeness (QED) is 0.786. The van der Waals surface area contributed by atoms with Gasteiger partial charge in [0.25, 0.3) is 0 Å². The predicted octanol–water partition coefficient (Wildman–Crippen LogP) is 0.616. The second-order valence-corrected chi connectivity index (χ2v) is 4.44. The van der Waals surface area contributed by atoms with Crippen molar-refractivity contribution in [3.63, 3.8) is 0 Å². The number of carboxylic acid groups (broad SMARTS) is 1. The highest BCUT2D eigenvalue weighted by Crippen LogP contribution is 2.30. The van der Waals surface area contributed by atoms with Crippen molar-refractivity contribution in [2.75, 3.05) is 18.6 Å². The fourth-order valence-corrected chi connectivity index (χ4v) is 2.15. The van der Waals surface area contributed by atoms with Gasteiger partial charge in [0.2, 0.25) is 5.91 Å². The van der Waals surface area contributed by atoms with Crippen LogP contribution in [0.1, 0.15) is 16.8 Å². The van der Waals surface area contributed by atoms with Crippen molar-refractivity contribution in [2.45, 2.75) is 6.42 Å². The first-order valence-corrected chi connectivity index (χ1v) is 5.88. The maximum absolute atomic E-state index is 11.9. The number of ether oxygens (including phenoxy) is 1. The Bertz CT molecular complexity index is 582. The maximum Gasteiger partial charge on any atom is 0.339 e. The molecular formula is C13H13NO6. The summed E-state index contributed by atoms with van der Waals surface area (Å²) >= 11 is 0. The number of rotatable bonds is 3. The molecule has 1 unspecified atom stereocenters. The fourth-order valence-electron chi connectivity index (χ4n) is 2.15. The van der Waals surface area contributed by atoms with E-state index in [0.29, 0.717) is 5.69 Å². The number of carbonyl (C=O) groups excluding carboxylic acids is 2. The minimum Gasteiger partial charge on any atom is -0.507 e. The summed E-state index contributed by atoms with van der Waals surface area (Å²) in [6, 6.07) is 3.83. The number of phenols is 1. The second kappa shape index (κ2) is 5.20. The lowest BCUT2D eigenvalue weighted by atomic mass is 10.1. The van der Waals surface area contributed by atoms with Crippen LogP contribution in [0.3, 0.4) is 0 Å². The Hall–Kier alpha value is -2.57. The zero-order valence-electron chi connectivity index (χ0n) is 10.7. The van der Waals surface area contributed by atoms with E-state index in [4.69, 9.17) is 5.11 Å². The van der Waals surface area contributed by atoms with Gasteiger partial charge in [-0.2, -0.15) is 0 Å². The highest BCUT2D eigenvalue weighted by Gasteiger charge is 2.36. The van der Waals surface area contributed by atoms with E-state index >= 15 is 0 Å². The van der Waals surface area contributed by atoms with Crippen molar-refractivity contribution >= 4 is 23.5 Å². The van der Waals surface area contributed by atoms with Crippen LogP contribution in [0.2, 0.25) is 0 Å². The molecule has 0 saturated carbocycles. The van der Waals surface area contributed by atoms with Crippen molar-refractivity contribution in [1.29, 1.82) is 0 Å². The van der Waals surface area contributed by atoms with Crippen LogP contribution in [0.15, 0.2) is 18.2 Å². The Morgan fingerprint density at radius 3 is 2.65 bits per heavy atom.